The highest BCUT2D eigenvalue weighted by Crippen LogP contribution is 2.21. The number of benzene rings is 2. The number of hydrogen-bond donors (Lipinski definition) is 1. The van der Waals surface area contributed by atoms with Crippen molar-refractivity contribution in [2.75, 3.05) is 7.11 Å². The molecule has 0 saturated carbocycles. The van der Waals surface area contributed by atoms with E-state index in [0.717, 1.165) is 54.8 Å². The zero-order valence-electron chi connectivity index (χ0n) is 14.6. The lowest BCUT2D eigenvalue weighted by Gasteiger charge is -2.08. The Balaban J connectivity index is 1.48. The molecule has 0 fully saturated rings. The number of ether oxygens (including phenoxy) is 1. The van der Waals surface area contributed by atoms with E-state index in [1.807, 2.05) is 36.4 Å². The molecule has 1 N–H and O–H groups in total. The minimum atomic E-state index is 0.0866. The first-order valence-corrected chi connectivity index (χ1v) is 8.71. The Morgan fingerprint density at radius 2 is 1.36 bits per heavy atom. The Kier molecular flexibility index (Phi) is 5.96. The van der Waals surface area contributed by atoms with Gasteiger partial charge in [-0.05, 0) is 48.4 Å². The van der Waals surface area contributed by atoms with Crippen LogP contribution in [-0.4, -0.2) is 23.6 Å². The Morgan fingerprint density at radius 1 is 0.800 bits per heavy atom. The van der Waals surface area contributed by atoms with Crippen molar-refractivity contribution < 1.29 is 9.84 Å². The van der Waals surface area contributed by atoms with Crippen LogP contribution in [0.25, 0.3) is 0 Å². The van der Waals surface area contributed by atoms with Crippen molar-refractivity contribution in [3.8, 4) is 5.75 Å². The molecule has 4 nitrogen and oxygen atoms in total. The number of para-hydroxylation sites is 1. The molecule has 1 aliphatic heterocycles. The van der Waals surface area contributed by atoms with Crippen molar-refractivity contribution in [1.29, 1.82) is 0 Å². The van der Waals surface area contributed by atoms with E-state index < -0.39 is 0 Å². The fourth-order valence-electron chi connectivity index (χ4n) is 3.15. The summed E-state index contributed by atoms with van der Waals surface area (Å²) in [6.45, 7) is 0.0866. The molecule has 3 rings (SSSR count). The van der Waals surface area contributed by atoms with Crippen LogP contribution in [0.5, 0.6) is 5.75 Å². The monoisotopic (exact) mass is 336 g/mol. The van der Waals surface area contributed by atoms with E-state index in [1.165, 1.54) is 11.1 Å². The molecule has 0 amide bonds. The maximum absolute atomic E-state index is 9.41. The summed E-state index contributed by atoms with van der Waals surface area (Å²) in [5.41, 5.74) is 5.66. The van der Waals surface area contributed by atoms with Crippen LogP contribution in [0.4, 0.5) is 0 Å². The van der Waals surface area contributed by atoms with Crippen LogP contribution < -0.4 is 4.74 Å². The van der Waals surface area contributed by atoms with Crippen molar-refractivity contribution in [1.82, 2.24) is 0 Å². The molecule has 0 unspecified atom stereocenters. The van der Waals surface area contributed by atoms with Crippen molar-refractivity contribution in [2.24, 2.45) is 10.2 Å². The fraction of sp³-hybridized carbons (Fsp3) is 0.333. The third-order valence-corrected chi connectivity index (χ3v) is 4.59. The lowest BCUT2D eigenvalue weighted by molar-refractivity contribution is 0.280. The third-order valence-electron chi connectivity index (χ3n) is 4.59. The van der Waals surface area contributed by atoms with Gasteiger partial charge in [-0.1, -0.05) is 42.5 Å². The fourth-order valence-corrected chi connectivity index (χ4v) is 3.15. The minimum Gasteiger partial charge on any atom is -0.496 e. The Hall–Kier alpha value is -2.46. The van der Waals surface area contributed by atoms with Gasteiger partial charge in [-0.3, -0.25) is 0 Å². The van der Waals surface area contributed by atoms with Gasteiger partial charge in [-0.15, -0.1) is 0 Å². The van der Waals surface area contributed by atoms with Crippen molar-refractivity contribution >= 4 is 11.4 Å². The maximum atomic E-state index is 9.41. The van der Waals surface area contributed by atoms with Crippen LogP contribution in [0.3, 0.4) is 0 Å². The van der Waals surface area contributed by atoms with E-state index in [4.69, 9.17) is 4.74 Å². The summed E-state index contributed by atoms with van der Waals surface area (Å²) in [6.07, 6.45) is 4.46. The average Bonchev–Trinajstić information content (AvgIpc) is 3.13. The highest BCUT2D eigenvalue weighted by Gasteiger charge is 2.14. The third kappa shape index (κ3) is 4.54. The molecule has 0 aliphatic carbocycles. The molecule has 2 aromatic rings. The van der Waals surface area contributed by atoms with Gasteiger partial charge in [0.2, 0.25) is 0 Å². The van der Waals surface area contributed by atoms with E-state index in [9.17, 15) is 5.11 Å². The van der Waals surface area contributed by atoms with Gasteiger partial charge in [0.15, 0.2) is 0 Å². The summed E-state index contributed by atoms with van der Waals surface area (Å²) in [4.78, 5) is 0. The van der Waals surface area contributed by atoms with Gasteiger partial charge in [-0.25, -0.2) is 0 Å². The van der Waals surface area contributed by atoms with Gasteiger partial charge in [0.05, 0.1) is 13.7 Å². The van der Waals surface area contributed by atoms with Crippen molar-refractivity contribution in [3.05, 3.63) is 65.2 Å². The SMILES string of the molecule is COc1ccccc1CCC1=NN=C(CCc2ccccc2CO)C1. The van der Waals surface area contributed by atoms with Gasteiger partial charge in [0.25, 0.3) is 0 Å². The number of aliphatic hydroxyl groups is 1. The normalized spacial score (nSPS) is 13.5. The molecule has 2 aromatic carbocycles. The molecule has 0 atom stereocenters. The summed E-state index contributed by atoms with van der Waals surface area (Å²) in [6, 6.07) is 16.1. The molecule has 4 heteroatoms. The summed E-state index contributed by atoms with van der Waals surface area (Å²) < 4.78 is 5.40. The molecule has 0 aromatic heterocycles. The van der Waals surface area contributed by atoms with Crippen molar-refractivity contribution in [3.63, 3.8) is 0 Å². The van der Waals surface area contributed by atoms with Gasteiger partial charge < -0.3 is 9.84 Å². The molecule has 0 bridgehead atoms. The standard InChI is InChI=1S/C21H24N2O2/c1-25-21-9-5-4-7-17(21)11-13-20-14-19(22-23-20)12-10-16-6-2-3-8-18(16)15-24/h2-9,24H,10-15H2,1H3. The number of aliphatic hydroxyl groups excluding tert-OH is 1. The predicted octanol–water partition coefficient (Wildman–Crippen LogP) is 3.95. The Labute approximate surface area is 148 Å². The summed E-state index contributed by atoms with van der Waals surface area (Å²) in [7, 11) is 1.71. The summed E-state index contributed by atoms with van der Waals surface area (Å²) in [5.74, 6) is 0.933. The average molecular weight is 336 g/mol. The molecular formula is C21H24N2O2. The van der Waals surface area contributed by atoms with Crippen LogP contribution >= 0.6 is 0 Å². The molecule has 0 spiro atoms. The zero-order chi connectivity index (χ0) is 17.5. The zero-order valence-corrected chi connectivity index (χ0v) is 14.6. The van der Waals surface area contributed by atoms with Crippen LogP contribution in [-0.2, 0) is 19.4 Å². The Morgan fingerprint density at radius 3 is 2.00 bits per heavy atom. The van der Waals surface area contributed by atoms with Crippen molar-refractivity contribution in [2.45, 2.75) is 38.7 Å². The highest BCUT2D eigenvalue weighted by atomic mass is 16.5. The van der Waals surface area contributed by atoms with Gasteiger partial charge in [0.1, 0.15) is 5.75 Å². The van der Waals surface area contributed by atoms with Crippen LogP contribution in [0.1, 0.15) is 36.0 Å². The van der Waals surface area contributed by atoms with E-state index in [0.29, 0.717) is 0 Å². The second-order valence-corrected chi connectivity index (χ2v) is 6.25. The highest BCUT2D eigenvalue weighted by molar-refractivity contribution is 6.07. The van der Waals surface area contributed by atoms with E-state index in [2.05, 4.69) is 22.3 Å². The lowest BCUT2D eigenvalue weighted by Crippen LogP contribution is -2.06. The van der Waals surface area contributed by atoms with Gasteiger partial charge in [-0.2, -0.15) is 10.2 Å². The van der Waals surface area contributed by atoms with Gasteiger partial charge in [0, 0.05) is 17.8 Å². The van der Waals surface area contributed by atoms with E-state index in [1.54, 1.807) is 7.11 Å². The number of aryl methyl sites for hydroxylation is 2. The first-order chi connectivity index (χ1) is 12.3. The largest absolute Gasteiger partial charge is 0.496 e. The van der Waals surface area contributed by atoms with Crippen LogP contribution in [0.2, 0.25) is 0 Å². The second-order valence-electron chi connectivity index (χ2n) is 6.25. The first-order valence-electron chi connectivity index (χ1n) is 8.71. The minimum absolute atomic E-state index is 0.0866. The van der Waals surface area contributed by atoms with Crippen LogP contribution in [0.15, 0.2) is 58.7 Å². The number of rotatable bonds is 8. The Bertz CT molecular complexity index is 715. The quantitative estimate of drug-likeness (QED) is 0.793. The van der Waals surface area contributed by atoms with Crippen LogP contribution in [0, 0.1) is 0 Å². The topological polar surface area (TPSA) is 54.2 Å². The maximum Gasteiger partial charge on any atom is 0.122 e. The molecule has 1 aliphatic rings. The second kappa shape index (κ2) is 8.58. The van der Waals surface area contributed by atoms with Gasteiger partial charge >= 0.3 is 0 Å². The molecule has 0 radical (unpaired) electrons. The molecule has 0 saturated heterocycles. The smallest absolute Gasteiger partial charge is 0.122 e. The summed E-state index contributed by atoms with van der Waals surface area (Å²) >= 11 is 0. The predicted molar refractivity (Wildman–Crippen MR) is 101 cm³/mol. The number of methoxy groups -OCH3 is 1. The molecule has 25 heavy (non-hydrogen) atoms. The van der Waals surface area contributed by atoms with E-state index in [-0.39, 0.29) is 6.61 Å². The number of nitrogens with zero attached hydrogens (tertiary/aromatic N) is 2. The summed E-state index contributed by atoms with van der Waals surface area (Å²) in [5, 5.41) is 18.1. The first kappa shape index (κ1) is 17.4. The lowest BCUT2D eigenvalue weighted by atomic mass is 9.98. The number of hydrogen-bond acceptors (Lipinski definition) is 4. The molecule has 130 valence electrons. The molecule has 1 heterocycles. The molecular weight excluding hydrogens is 312 g/mol. The van der Waals surface area contributed by atoms with E-state index >= 15 is 0 Å².